The van der Waals surface area contributed by atoms with Crippen LogP contribution in [-0.4, -0.2) is 230 Å². The second-order valence-corrected chi connectivity index (χ2v) is 28.7. The van der Waals surface area contributed by atoms with Crippen molar-refractivity contribution in [2.24, 2.45) is 0 Å². The summed E-state index contributed by atoms with van der Waals surface area (Å²) < 4.78 is 278. The molecule has 4 fully saturated rings. The first-order valence-electron chi connectivity index (χ1n) is 29.2. The topological polar surface area (TPSA) is 564 Å². The number of nitrogens with zero attached hydrogens (tertiary/aromatic N) is 1. The minimum Gasteiger partial charge on any atom is -0.347 e. The van der Waals surface area contributed by atoms with E-state index in [1.54, 1.807) is 0 Å². The van der Waals surface area contributed by atoms with Gasteiger partial charge in [-0.25, -0.2) is 25.1 Å². The zero-order chi connectivity index (χ0) is 73.6. The van der Waals surface area contributed by atoms with Crippen LogP contribution in [-0.2, 0) is 111 Å². The van der Waals surface area contributed by atoms with E-state index in [1.807, 2.05) is 0 Å². The smallest absolute Gasteiger partial charge is 0.347 e. The highest BCUT2D eigenvalue weighted by Gasteiger charge is 2.61. The van der Waals surface area contributed by atoms with Gasteiger partial charge in [0.05, 0.1) is 36.9 Å². The normalized spacial score (nSPS) is 28.1. The first-order valence-corrected chi connectivity index (χ1v) is 37.4. The van der Waals surface area contributed by atoms with Gasteiger partial charge in [0.15, 0.2) is 25.0 Å². The molecule has 45 heteroatoms. The van der Waals surface area contributed by atoms with Gasteiger partial charge in [0.25, 0.3) is 29.5 Å². The van der Waals surface area contributed by atoms with E-state index in [4.69, 9.17) is 44.6 Å². The maximum atomic E-state index is 14.8. The van der Waals surface area contributed by atoms with Gasteiger partial charge >= 0.3 is 62.4 Å². The zero-order valence-electron chi connectivity index (χ0n) is 51.4. The third kappa shape index (κ3) is 21.5. The fraction of sp³-hybridized carbons (Fsp3) is 0.375. The van der Waals surface area contributed by atoms with Gasteiger partial charge in [-0.3, -0.25) is 51.3 Å². The molecule has 550 valence electrons. The number of hydrogen-bond acceptors (Lipinski definition) is 28. The molecule has 101 heavy (non-hydrogen) atoms. The highest BCUT2D eigenvalue weighted by atomic mass is 32.3. The fourth-order valence-electron chi connectivity index (χ4n) is 11.6. The van der Waals surface area contributed by atoms with E-state index in [-0.39, 0.29) is 27.8 Å². The Morgan fingerprint density at radius 3 is 1.21 bits per heavy atom. The SMILES string of the molecule is CN(C(=O)c1ccccc1)C1C(O[C@@H]2OC(COS(=O)(=O)O)C(NC(=O)c3ccccc3)[C@H](OS(=O)(=O)O)[C@H]2OS(=O)(=O)O)OC2C[C@@H](NC(=O)c3ccccc3)[C@@H](OC3C(NC(=O)c4ccccc4)C[C@@H](NC(=O)c4ccccc4)[C@H](OS(=O)(=O)O)[C@H]3OS(=O)(=O)O)OC2C1OS(=O)(=O)O. The Morgan fingerprint density at radius 1 is 0.396 bits per heavy atom. The standard InChI is InChI=1S/C56H61N5O34S6/c1-61(53(66)34-25-15-6-16-26-34)41-46(93-99(76,77)78)44-38(86-55(41)90-56-48(95-101(82,83)84)45(92-98(73,74)75)40(39(87-56)29-85-96(67,68)69)60-52(65)33-23-13-5-14-24-33)28-37(59-51(64)32-21-11-4-12-22-32)54(89-44)88-42-35(57-49(62)30-17-7-2-8-18-30)27-36(58-50(63)31-19-9-3-10-20-31)43(91-97(70,71)72)47(42)94-100(79,80)81/h2-26,35-48,54-56H,27-29H2,1H3,(H,57,62)(H,58,63)(H,59,64)(H,60,65)(H,67,68,69)(H,70,71,72)(H,73,74,75)(H,76,77,78)(H,79,80,81)(H,82,83,84)/t35?,36-,37-,38?,39?,40?,41?,42?,43+,44?,45+,46?,47+,48-,54+,55?,56+/m1/s1. The Kier molecular flexibility index (Phi) is 24.6. The Labute approximate surface area is 575 Å². The number of rotatable bonds is 27. The van der Waals surface area contributed by atoms with Gasteiger partial charge in [-0.15, -0.1) is 0 Å². The van der Waals surface area contributed by atoms with Crippen LogP contribution in [0.2, 0.25) is 0 Å². The maximum Gasteiger partial charge on any atom is 0.397 e. The number of nitrogens with one attached hydrogen (secondary N) is 4. The second-order valence-electron chi connectivity index (χ2n) is 22.4. The molecule has 0 spiro atoms. The van der Waals surface area contributed by atoms with E-state index in [2.05, 4.69) is 25.5 Å². The average Bonchev–Trinajstić information content (AvgIpc) is 0.747. The van der Waals surface area contributed by atoms with Gasteiger partial charge in [-0.1, -0.05) is 91.0 Å². The Bertz CT molecular complexity index is 4490. The summed E-state index contributed by atoms with van der Waals surface area (Å²) >= 11 is 0. The lowest BCUT2D eigenvalue weighted by Gasteiger charge is -2.54. The molecule has 3 saturated heterocycles. The molecule has 0 bridgehead atoms. The molecule has 1 saturated carbocycles. The number of amides is 5. The van der Waals surface area contributed by atoms with Crippen molar-refractivity contribution in [1.29, 1.82) is 0 Å². The van der Waals surface area contributed by atoms with Gasteiger partial charge in [0, 0.05) is 41.3 Å². The predicted molar refractivity (Wildman–Crippen MR) is 334 cm³/mol. The van der Waals surface area contributed by atoms with Crippen LogP contribution in [0.4, 0.5) is 0 Å². The monoisotopic (exact) mass is 1540 g/mol. The van der Waals surface area contributed by atoms with Crippen molar-refractivity contribution in [1.82, 2.24) is 26.2 Å². The summed E-state index contributed by atoms with van der Waals surface area (Å²) in [6.07, 6.45) is -32.8. The van der Waals surface area contributed by atoms with Crippen LogP contribution in [0.25, 0.3) is 0 Å². The van der Waals surface area contributed by atoms with E-state index in [9.17, 15) is 102 Å². The summed E-state index contributed by atoms with van der Waals surface area (Å²) in [7, 11) is -34.7. The van der Waals surface area contributed by atoms with Crippen molar-refractivity contribution < 1.29 is 151 Å². The predicted octanol–water partition coefficient (Wildman–Crippen LogP) is -0.549. The Hall–Kier alpha value is -7.53. The number of carbonyl (C=O) groups is 5. The molecular weight excluding hydrogens is 1480 g/mol. The van der Waals surface area contributed by atoms with E-state index in [1.165, 1.54) is 152 Å². The van der Waals surface area contributed by atoms with Crippen molar-refractivity contribution in [2.75, 3.05) is 13.7 Å². The Balaban J connectivity index is 1.21. The van der Waals surface area contributed by atoms with E-state index in [0.717, 1.165) is 7.05 Å². The lowest BCUT2D eigenvalue weighted by molar-refractivity contribution is -0.374. The van der Waals surface area contributed by atoms with Gasteiger partial charge in [0.2, 0.25) is 0 Å². The summed E-state index contributed by atoms with van der Waals surface area (Å²) in [5.74, 6) is -5.51. The lowest BCUT2D eigenvalue weighted by atomic mass is 9.83. The number of carbonyl (C=O) groups excluding carboxylic acids is 5. The quantitative estimate of drug-likeness (QED) is 0.0295. The van der Waals surface area contributed by atoms with E-state index >= 15 is 0 Å². The van der Waals surface area contributed by atoms with Crippen LogP contribution in [0.1, 0.15) is 64.6 Å². The van der Waals surface area contributed by atoms with Crippen LogP contribution >= 0.6 is 0 Å². The van der Waals surface area contributed by atoms with Crippen molar-refractivity contribution in [3.8, 4) is 0 Å². The molecule has 39 nitrogen and oxygen atoms in total. The van der Waals surface area contributed by atoms with Gasteiger partial charge in [-0.05, 0) is 67.1 Å². The highest BCUT2D eigenvalue weighted by molar-refractivity contribution is 7.82. The molecule has 4 aliphatic rings. The number of hydrogen-bond donors (Lipinski definition) is 10. The van der Waals surface area contributed by atoms with Crippen LogP contribution in [0.15, 0.2) is 152 Å². The van der Waals surface area contributed by atoms with Gasteiger partial charge < -0.3 is 49.9 Å². The second kappa shape index (κ2) is 32.0. The van der Waals surface area contributed by atoms with Crippen LogP contribution in [0, 0.1) is 0 Å². The van der Waals surface area contributed by atoms with Crippen LogP contribution < -0.4 is 21.3 Å². The third-order valence-electron chi connectivity index (χ3n) is 15.6. The molecule has 3 heterocycles. The molecule has 9 unspecified atom stereocenters. The summed E-state index contributed by atoms with van der Waals surface area (Å²) in [4.78, 5) is 71.9. The first kappa shape index (κ1) is 77.6. The molecule has 17 atom stereocenters. The lowest BCUT2D eigenvalue weighted by Crippen LogP contribution is -2.72. The summed E-state index contributed by atoms with van der Waals surface area (Å²) in [6.45, 7) is -1.57. The van der Waals surface area contributed by atoms with Crippen molar-refractivity contribution in [3.05, 3.63) is 179 Å². The third-order valence-corrected chi connectivity index (χ3v) is 18.4. The molecule has 10 N–H and O–H groups in total. The molecule has 1 aliphatic carbocycles. The minimum atomic E-state index is -6.07. The molecule has 9 rings (SSSR count). The summed E-state index contributed by atoms with van der Waals surface area (Å²) in [5, 5.41) is 9.70. The molecule has 0 radical (unpaired) electrons. The minimum absolute atomic E-state index is 0.116. The Morgan fingerprint density at radius 2 is 0.772 bits per heavy atom. The zero-order valence-corrected chi connectivity index (χ0v) is 56.3. The van der Waals surface area contributed by atoms with Gasteiger partial charge in [-0.2, -0.15) is 50.5 Å². The van der Waals surface area contributed by atoms with Crippen LogP contribution in [0.5, 0.6) is 0 Å². The van der Waals surface area contributed by atoms with E-state index < -0.39 is 215 Å². The highest BCUT2D eigenvalue weighted by Crippen LogP contribution is 2.42. The summed E-state index contributed by atoms with van der Waals surface area (Å²) in [5.41, 5.74) is -0.940. The number of fused-ring (bicyclic) bond motifs is 1. The molecule has 3 aliphatic heterocycles. The molecule has 5 aromatic carbocycles. The molecule has 5 amide bonds. The molecule has 0 aromatic heterocycles. The molecular formula is C56H61N5O34S6. The van der Waals surface area contributed by atoms with Crippen LogP contribution in [0.3, 0.4) is 0 Å². The summed E-state index contributed by atoms with van der Waals surface area (Å²) in [6, 6.07) is 23.0. The largest absolute Gasteiger partial charge is 0.397 e. The first-order chi connectivity index (χ1) is 47.3. The number of ether oxygens (including phenoxy) is 5. The fourth-order valence-corrected chi connectivity index (χ4v) is 14.4. The molecule has 5 aromatic rings. The number of benzene rings is 5. The van der Waals surface area contributed by atoms with E-state index in [0.29, 0.717) is 4.90 Å². The number of likely N-dealkylation sites (N-methyl/N-ethyl adjacent to an activating group) is 1. The van der Waals surface area contributed by atoms with Crippen molar-refractivity contribution in [3.63, 3.8) is 0 Å². The van der Waals surface area contributed by atoms with Crippen molar-refractivity contribution >= 4 is 91.9 Å². The van der Waals surface area contributed by atoms with Gasteiger partial charge in [0.1, 0.15) is 48.8 Å². The van der Waals surface area contributed by atoms with Crippen molar-refractivity contribution in [2.45, 2.75) is 117 Å². The maximum absolute atomic E-state index is 14.8. The average molecular weight is 1540 g/mol.